The van der Waals surface area contributed by atoms with Gasteiger partial charge >= 0.3 is 5.97 Å². The first-order chi connectivity index (χ1) is 14.9. The number of nitrogens with zero attached hydrogens (tertiary/aromatic N) is 1. The molecule has 6 nitrogen and oxygen atoms in total. The second-order valence-corrected chi connectivity index (χ2v) is 6.96. The van der Waals surface area contributed by atoms with Gasteiger partial charge in [0.05, 0.1) is 23.9 Å². The van der Waals surface area contributed by atoms with Crippen LogP contribution in [0.4, 0.5) is 4.39 Å². The van der Waals surface area contributed by atoms with Gasteiger partial charge in [-0.15, -0.1) is 0 Å². The van der Waals surface area contributed by atoms with Crippen LogP contribution in [0.25, 0.3) is 11.3 Å². The molecule has 4 rings (SSSR count). The van der Waals surface area contributed by atoms with Crippen molar-refractivity contribution in [2.45, 2.75) is 6.61 Å². The van der Waals surface area contributed by atoms with Crippen LogP contribution in [0.1, 0.15) is 36.8 Å². The van der Waals surface area contributed by atoms with Gasteiger partial charge in [0.2, 0.25) is 11.6 Å². The third-order valence-electron chi connectivity index (χ3n) is 5.14. The minimum absolute atomic E-state index is 0.0752. The molecule has 0 unspecified atom stereocenters. The number of hydrogen-bond donors (Lipinski definition) is 0. The molecule has 1 aliphatic carbocycles. The van der Waals surface area contributed by atoms with Crippen molar-refractivity contribution in [1.82, 2.24) is 4.57 Å². The molecule has 0 spiro atoms. The third-order valence-corrected chi connectivity index (χ3v) is 5.14. The Morgan fingerprint density at radius 2 is 1.68 bits per heavy atom. The van der Waals surface area contributed by atoms with Gasteiger partial charge in [0.15, 0.2) is 5.76 Å². The lowest BCUT2D eigenvalue weighted by Gasteiger charge is -2.13. The van der Waals surface area contributed by atoms with Crippen molar-refractivity contribution in [2.75, 3.05) is 7.11 Å². The number of rotatable bonds is 5. The zero-order chi connectivity index (χ0) is 22.1. The number of ether oxygens (including phenoxy) is 2. The molecule has 0 radical (unpaired) electrons. The fourth-order valence-corrected chi connectivity index (χ4v) is 3.72. The molecule has 0 atom stereocenters. The van der Waals surface area contributed by atoms with Gasteiger partial charge in [-0.3, -0.25) is 9.59 Å². The number of fused-ring (bicyclic) bond motifs is 1. The Bertz CT molecular complexity index is 1220. The molecule has 156 valence electrons. The Balaban J connectivity index is 1.80. The van der Waals surface area contributed by atoms with Crippen LogP contribution in [-0.2, 0) is 23.1 Å². The summed E-state index contributed by atoms with van der Waals surface area (Å²) in [4.78, 5) is 38.2. The van der Waals surface area contributed by atoms with E-state index in [1.54, 1.807) is 11.6 Å². The van der Waals surface area contributed by atoms with Gasteiger partial charge in [-0.05, 0) is 29.8 Å². The lowest BCUT2D eigenvalue weighted by Crippen LogP contribution is -2.20. The summed E-state index contributed by atoms with van der Waals surface area (Å²) in [5.41, 5.74) is 2.28. The van der Waals surface area contributed by atoms with E-state index in [0.29, 0.717) is 11.3 Å². The van der Waals surface area contributed by atoms with Gasteiger partial charge in [0.25, 0.3) is 0 Å². The standard InChI is InChI=1S/C24H18FNO5/c1-26-21(14-6-4-3-5-7-14)17(13-31-24(29)15-8-10-16(25)11-9-15)20-22(26)18(27)12-19(30-2)23(20)28/h3-12H,13H2,1-2H3. The summed E-state index contributed by atoms with van der Waals surface area (Å²) in [6.07, 6.45) is 1.16. The number of benzene rings is 2. The van der Waals surface area contributed by atoms with Crippen molar-refractivity contribution < 1.29 is 28.2 Å². The number of methoxy groups -OCH3 is 1. The van der Waals surface area contributed by atoms with Gasteiger partial charge in [-0.25, -0.2) is 9.18 Å². The first-order valence-corrected chi connectivity index (χ1v) is 9.46. The Kier molecular flexibility index (Phi) is 5.25. The maximum absolute atomic E-state index is 13.1. The first-order valence-electron chi connectivity index (χ1n) is 9.46. The fourth-order valence-electron chi connectivity index (χ4n) is 3.72. The molecule has 2 aromatic carbocycles. The predicted octanol–water partition coefficient (Wildman–Crippen LogP) is 4.10. The number of Topliss-reactive ketones (excluding diaryl/α,β-unsaturated/α-hetero) is 1. The van der Waals surface area contributed by atoms with E-state index in [1.807, 2.05) is 30.3 Å². The zero-order valence-electron chi connectivity index (χ0n) is 16.8. The van der Waals surface area contributed by atoms with Gasteiger partial charge < -0.3 is 14.0 Å². The summed E-state index contributed by atoms with van der Waals surface area (Å²) in [5, 5.41) is 0. The summed E-state index contributed by atoms with van der Waals surface area (Å²) in [5.74, 6) is -2.05. The molecule has 0 aliphatic heterocycles. The average Bonchev–Trinajstić information content (AvgIpc) is 3.08. The maximum Gasteiger partial charge on any atom is 0.338 e. The molecular weight excluding hydrogens is 401 g/mol. The van der Waals surface area contributed by atoms with E-state index < -0.39 is 17.6 Å². The van der Waals surface area contributed by atoms with Crippen molar-refractivity contribution in [3.63, 3.8) is 0 Å². The van der Waals surface area contributed by atoms with E-state index in [0.717, 1.165) is 23.8 Å². The normalized spacial score (nSPS) is 12.9. The number of esters is 1. The number of halogens is 1. The predicted molar refractivity (Wildman–Crippen MR) is 110 cm³/mol. The minimum atomic E-state index is -0.672. The van der Waals surface area contributed by atoms with Gasteiger partial charge in [0.1, 0.15) is 18.1 Å². The van der Waals surface area contributed by atoms with Crippen LogP contribution in [0.2, 0.25) is 0 Å². The zero-order valence-corrected chi connectivity index (χ0v) is 16.8. The number of allylic oxidation sites excluding steroid dienone is 2. The van der Waals surface area contributed by atoms with Crippen LogP contribution >= 0.6 is 0 Å². The molecule has 7 heteroatoms. The molecule has 0 bridgehead atoms. The average molecular weight is 419 g/mol. The van der Waals surface area contributed by atoms with E-state index in [9.17, 15) is 18.8 Å². The SMILES string of the molecule is COC1=CC(=O)c2c(c(COC(=O)c3ccc(F)cc3)c(-c3ccccc3)n2C)C1=O. The van der Waals surface area contributed by atoms with E-state index in [2.05, 4.69) is 0 Å². The van der Waals surface area contributed by atoms with E-state index >= 15 is 0 Å². The third kappa shape index (κ3) is 3.54. The van der Waals surface area contributed by atoms with E-state index in [-0.39, 0.29) is 35.0 Å². The highest BCUT2D eigenvalue weighted by molar-refractivity contribution is 6.24. The Hall–Kier alpha value is -4.00. The highest BCUT2D eigenvalue weighted by Gasteiger charge is 2.35. The molecule has 3 aromatic rings. The largest absolute Gasteiger partial charge is 0.492 e. The van der Waals surface area contributed by atoms with Crippen molar-refractivity contribution in [1.29, 1.82) is 0 Å². The number of hydrogen-bond acceptors (Lipinski definition) is 5. The van der Waals surface area contributed by atoms with Crippen LogP contribution in [0.3, 0.4) is 0 Å². The van der Waals surface area contributed by atoms with Crippen LogP contribution in [0.5, 0.6) is 0 Å². The van der Waals surface area contributed by atoms with Crippen LogP contribution < -0.4 is 0 Å². The summed E-state index contributed by atoms with van der Waals surface area (Å²) in [7, 11) is 3.00. The molecule has 1 heterocycles. The molecule has 1 aliphatic rings. The highest BCUT2D eigenvalue weighted by atomic mass is 19.1. The molecule has 31 heavy (non-hydrogen) atoms. The van der Waals surface area contributed by atoms with Crippen molar-refractivity contribution in [2.24, 2.45) is 7.05 Å². The van der Waals surface area contributed by atoms with Crippen LogP contribution in [0, 0.1) is 5.82 Å². The van der Waals surface area contributed by atoms with E-state index in [1.165, 1.54) is 19.2 Å². The summed E-state index contributed by atoms with van der Waals surface area (Å²) >= 11 is 0. The van der Waals surface area contributed by atoms with Gasteiger partial charge in [-0.2, -0.15) is 0 Å². The second kappa shape index (κ2) is 8.02. The smallest absolute Gasteiger partial charge is 0.338 e. The monoisotopic (exact) mass is 419 g/mol. The maximum atomic E-state index is 13.1. The topological polar surface area (TPSA) is 74.6 Å². The lowest BCUT2D eigenvalue weighted by molar-refractivity contribution is 0.0471. The lowest BCUT2D eigenvalue weighted by atomic mass is 9.95. The first kappa shape index (κ1) is 20.3. The van der Waals surface area contributed by atoms with Crippen molar-refractivity contribution >= 4 is 17.5 Å². The summed E-state index contributed by atoms with van der Waals surface area (Å²) < 4.78 is 25.3. The van der Waals surface area contributed by atoms with Crippen LogP contribution in [0.15, 0.2) is 66.4 Å². The fraction of sp³-hybridized carbons (Fsp3) is 0.125. The van der Waals surface area contributed by atoms with E-state index in [4.69, 9.17) is 9.47 Å². The molecule has 0 saturated carbocycles. The number of carbonyl (C=O) groups is 3. The number of aromatic nitrogens is 1. The van der Waals surface area contributed by atoms with Crippen molar-refractivity contribution in [3.05, 3.63) is 94.6 Å². The van der Waals surface area contributed by atoms with Gasteiger partial charge in [-0.1, -0.05) is 30.3 Å². The highest BCUT2D eigenvalue weighted by Crippen LogP contribution is 2.36. The number of carbonyl (C=O) groups excluding carboxylic acids is 3. The Morgan fingerprint density at radius 3 is 2.32 bits per heavy atom. The molecule has 0 amide bonds. The number of ketones is 2. The molecule has 0 N–H and O–H groups in total. The molecule has 0 fully saturated rings. The summed E-state index contributed by atoms with van der Waals surface area (Å²) in [6.45, 7) is -0.250. The second-order valence-electron chi connectivity index (χ2n) is 6.96. The molecule has 1 aromatic heterocycles. The van der Waals surface area contributed by atoms with Crippen molar-refractivity contribution in [3.8, 4) is 11.3 Å². The quantitative estimate of drug-likeness (QED) is 0.582. The summed E-state index contributed by atoms with van der Waals surface area (Å²) in [6, 6.07) is 14.1. The Labute approximate surface area is 177 Å². The molecule has 0 saturated heterocycles. The molecular formula is C24H18FNO5. The van der Waals surface area contributed by atoms with Gasteiger partial charge in [0, 0.05) is 18.7 Å². The van der Waals surface area contributed by atoms with Crippen LogP contribution in [-0.4, -0.2) is 29.2 Å². The minimum Gasteiger partial charge on any atom is -0.492 e. The Morgan fingerprint density at radius 1 is 1.00 bits per heavy atom.